The zero-order valence-electron chi connectivity index (χ0n) is 14.0. The summed E-state index contributed by atoms with van der Waals surface area (Å²) in [7, 11) is 0. The predicted molar refractivity (Wildman–Crippen MR) is 92.9 cm³/mol. The van der Waals surface area contributed by atoms with Crippen LogP contribution >= 0.6 is 0 Å². The van der Waals surface area contributed by atoms with Gasteiger partial charge in [-0.05, 0) is 11.1 Å². The normalized spacial score (nSPS) is 26.5. The highest BCUT2D eigenvalue weighted by Gasteiger charge is 2.39. The van der Waals surface area contributed by atoms with Crippen LogP contribution in [-0.4, -0.2) is 47.8 Å². The summed E-state index contributed by atoms with van der Waals surface area (Å²) in [5, 5.41) is 20.2. The molecule has 0 saturated carbocycles. The van der Waals surface area contributed by atoms with E-state index < -0.39 is 24.4 Å². The van der Waals surface area contributed by atoms with Crippen molar-refractivity contribution in [3.8, 4) is 0 Å². The molecule has 1 heterocycles. The molecule has 1 aliphatic rings. The van der Waals surface area contributed by atoms with Gasteiger partial charge < -0.3 is 24.4 Å². The summed E-state index contributed by atoms with van der Waals surface area (Å²) in [6.07, 6.45) is -3.01. The van der Waals surface area contributed by atoms with Crippen molar-refractivity contribution in [1.82, 2.24) is 0 Å². The van der Waals surface area contributed by atoms with Gasteiger partial charge in [-0.15, -0.1) is 0 Å². The Morgan fingerprint density at radius 1 is 0.880 bits per heavy atom. The Balaban J connectivity index is 1.55. The van der Waals surface area contributed by atoms with Crippen molar-refractivity contribution < 1.29 is 24.4 Å². The second kappa shape index (κ2) is 9.08. The summed E-state index contributed by atoms with van der Waals surface area (Å²) in [6.45, 7) is 1.17. The van der Waals surface area contributed by atoms with E-state index in [-0.39, 0.29) is 13.2 Å². The Labute approximate surface area is 147 Å². The first-order chi connectivity index (χ1) is 12.2. The predicted octanol–water partition coefficient (Wildman–Crippen LogP) is 1.91. The molecule has 0 aromatic heterocycles. The highest BCUT2D eigenvalue weighted by atomic mass is 16.6. The second-order valence-electron chi connectivity index (χ2n) is 6.19. The summed E-state index contributed by atoms with van der Waals surface area (Å²) in [5.41, 5.74) is 2.07. The van der Waals surface area contributed by atoms with Crippen LogP contribution in [-0.2, 0) is 27.4 Å². The van der Waals surface area contributed by atoms with Gasteiger partial charge >= 0.3 is 0 Å². The number of hydrogen-bond donors (Lipinski definition) is 2. The van der Waals surface area contributed by atoms with E-state index in [1.807, 2.05) is 60.7 Å². The minimum absolute atomic E-state index is 0.0751. The van der Waals surface area contributed by atoms with Gasteiger partial charge in [-0.1, -0.05) is 60.7 Å². The van der Waals surface area contributed by atoms with E-state index in [1.165, 1.54) is 0 Å². The Kier molecular flexibility index (Phi) is 6.55. The Morgan fingerprint density at radius 2 is 1.48 bits per heavy atom. The maximum atomic E-state index is 10.3. The number of hydrogen-bond acceptors (Lipinski definition) is 5. The number of aliphatic hydroxyl groups is 2. The molecule has 0 spiro atoms. The first-order valence-corrected chi connectivity index (χ1v) is 8.49. The molecular weight excluding hydrogens is 320 g/mol. The number of benzene rings is 2. The Morgan fingerprint density at radius 3 is 2.12 bits per heavy atom. The van der Waals surface area contributed by atoms with Crippen molar-refractivity contribution in [2.45, 2.75) is 37.6 Å². The summed E-state index contributed by atoms with van der Waals surface area (Å²) in [6, 6.07) is 19.6. The quantitative estimate of drug-likeness (QED) is 0.803. The summed E-state index contributed by atoms with van der Waals surface area (Å²) in [4.78, 5) is 0. The topological polar surface area (TPSA) is 68.2 Å². The molecule has 3 rings (SSSR count). The first-order valence-electron chi connectivity index (χ1n) is 8.49. The second-order valence-corrected chi connectivity index (χ2v) is 6.19. The van der Waals surface area contributed by atoms with Gasteiger partial charge in [0.1, 0.15) is 24.4 Å². The molecule has 0 amide bonds. The number of ether oxygens (including phenoxy) is 3. The van der Waals surface area contributed by atoms with E-state index in [0.29, 0.717) is 13.2 Å². The summed E-state index contributed by atoms with van der Waals surface area (Å²) < 4.78 is 17.2. The van der Waals surface area contributed by atoms with E-state index in [2.05, 4.69) is 0 Å². The Bertz CT molecular complexity index is 618. The SMILES string of the molecule is O[C@H]1[C@H](OCc2ccccc2)[C@@H](COCc2ccccc2)OC[C@H]1O. The van der Waals surface area contributed by atoms with E-state index in [4.69, 9.17) is 14.2 Å². The lowest BCUT2D eigenvalue weighted by molar-refractivity contribution is -0.219. The standard InChI is InChI=1S/C20H24O5/c21-17-13-24-18(14-23-11-15-7-3-1-4-8-15)20(19(17)22)25-12-16-9-5-2-6-10-16/h1-10,17-22H,11-14H2/t17-,18-,19-,20-/m1/s1. The van der Waals surface area contributed by atoms with Gasteiger partial charge in [0.25, 0.3) is 0 Å². The third kappa shape index (κ3) is 5.11. The van der Waals surface area contributed by atoms with Crippen molar-refractivity contribution >= 4 is 0 Å². The monoisotopic (exact) mass is 344 g/mol. The van der Waals surface area contributed by atoms with E-state index in [9.17, 15) is 10.2 Å². The van der Waals surface area contributed by atoms with Crippen molar-refractivity contribution in [3.63, 3.8) is 0 Å². The molecule has 134 valence electrons. The van der Waals surface area contributed by atoms with Gasteiger partial charge in [0.2, 0.25) is 0 Å². The van der Waals surface area contributed by atoms with Crippen LogP contribution in [0.4, 0.5) is 0 Å². The van der Waals surface area contributed by atoms with Gasteiger partial charge in [0.15, 0.2) is 0 Å². The van der Waals surface area contributed by atoms with Crippen LogP contribution in [0.3, 0.4) is 0 Å². The van der Waals surface area contributed by atoms with E-state index in [1.54, 1.807) is 0 Å². The molecule has 0 aliphatic carbocycles. The minimum Gasteiger partial charge on any atom is -0.388 e. The summed E-state index contributed by atoms with van der Waals surface area (Å²) >= 11 is 0. The minimum atomic E-state index is -0.997. The third-order valence-electron chi connectivity index (χ3n) is 4.26. The fourth-order valence-electron chi connectivity index (χ4n) is 2.84. The van der Waals surface area contributed by atoms with Crippen molar-refractivity contribution in [1.29, 1.82) is 0 Å². The molecule has 0 unspecified atom stereocenters. The molecule has 2 aromatic rings. The molecule has 25 heavy (non-hydrogen) atoms. The third-order valence-corrected chi connectivity index (χ3v) is 4.26. The molecule has 2 N–H and O–H groups in total. The molecular formula is C20H24O5. The van der Waals surface area contributed by atoms with Crippen LogP contribution in [0.5, 0.6) is 0 Å². The highest BCUT2D eigenvalue weighted by Crippen LogP contribution is 2.21. The van der Waals surface area contributed by atoms with Crippen molar-refractivity contribution in [3.05, 3.63) is 71.8 Å². The zero-order chi connectivity index (χ0) is 17.5. The summed E-state index contributed by atoms with van der Waals surface area (Å²) in [5.74, 6) is 0. The molecule has 5 nitrogen and oxygen atoms in total. The van der Waals surface area contributed by atoms with Crippen molar-refractivity contribution in [2.75, 3.05) is 13.2 Å². The molecule has 0 bridgehead atoms. The molecule has 4 atom stereocenters. The number of aliphatic hydroxyl groups excluding tert-OH is 2. The molecule has 2 aromatic carbocycles. The van der Waals surface area contributed by atoms with Crippen LogP contribution in [0.25, 0.3) is 0 Å². The molecule has 0 radical (unpaired) electrons. The van der Waals surface area contributed by atoms with Gasteiger partial charge in [-0.3, -0.25) is 0 Å². The lowest BCUT2D eigenvalue weighted by Gasteiger charge is -2.38. The average Bonchev–Trinajstić information content (AvgIpc) is 2.66. The lowest BCUT2D eigenvalue weighted by Crippen LogP contribution is -2.55. The fourth-order valence-corrected chi connectivity index (χ4v) is 2.84. The smallest absolute Gasteiger partial charge is 0.115 e. The molecule has 1 aliphatic heterocycles. The van der Waals surface area contributed by atoms with E-state index >= 15 is 0 Å². The van der Waals surface area contributed by atoms with Crippen LogP contribution in [0, 0.1) is 0 Å². The first kappa shape index (κ1) is 18.0. The van der Waals surface area contributed by atoms with E-state index in [0.717, 1.165) is 11.1 Å². The molecule has 1 fully saturated rings. The van der Waals surface area contributed by atoms with Gasteiger partial charge in [0, 0.05) is 0 Å². The van der Waals surface area contributed by atoms with Crippen LogP contribution in [0.1, 0.15) is 11.1 Å². The van der Waals surface area contributed by atoms with Crippen LogP contribution < -0.4 is 0 Å². The average molecular weight is 344 g/mol. The largest absolute Gasteiger partial charge is 0.388 e. The van der Waals surface area contributed by atoms with Gasteiger partial charge in [-0.2, -0.15) is 0 Å². The fraction of sp³-hybridized carbons (Fsp3) is 0.400. The maximum absolute atomic E-state index is 10.3. The zero-order valence-corrected chi connectivity index (χ0v) is 14.0. The van der Waals surface area contributed by atoms with Crippen molar-refractivity contribution in [2.24, 2.45) is 0 Å². The van der Waals surface area contributed by atoms with Gasteiger partial charge in [0.05, 0.1) is 26.4 Å². The molecule has 1 saturated heterocycles. The highest BCUT2D eigenvalue weighted by molar-refractivity contribution is 5.14. The lowest BCUT2D eigenvalue weighted by atomic mass is 10.00. The maximum Gasteiger partial charge on any atom is 0.115 e. The Hall–Kier alpha value is -1.76. The van der Waals surface area contributed by atoms with Crippen LogP contribution in [0.15, 0.2) is 60.7 Å². The number of rotatable bonds is 7. The van der Waals surface area contributed by atoms with Crippen LogP contribution in [0.2, 0.25) is 0 Å². The van der Waals surface area contributed by atoms with Gasteiger partial charge in [-0.25, -0.2) is 0 Å². The molecule has 5 heteroatoms.